The summed E-state index contributed by atoms with van der Waals surface area (Å²) in [7, 11) is 0. The van der Waals surface area contributed by atoms with Gasteiger partial charge in [-0.25, -0.2) is 0 Å². The van der Waals surface area contributed by atoms with Gasteiger partial charge in [-0.1, -0.05) is 12.8 Å². The third kappa shape index (κ3) is 1.17. The van der Waals surface area contributed by atoms with E-state index in [4.69, 9.17) is 0 Å². The minimum Gasteiger partial charge on any atom is -0.304 e. The zero-order valence-corrected chi connectivity index (χ0v) is 9.49. The molecule has 1 aliphatic carbocycles. The topological polar surface area (TPSA) is 12.0 Å². The number of hydrogen-bond donors (Lipinski definition) is 1. The average Bonchev–Trinajstić information content (AvgIpc) is 2.73. The van der Waals surface area contributed by atoms with Gasteiger partial charge in [0, 0.05) is 10.9 Å². The zero-order chi connectivity index (χ0) is 9.60. The van der Waals surface area contributed by atoms with Crippen molar-refractivity contribution >= 4 is 11.3 Å². The maximum atomic E-state index is 3.84. The number of thiophene rings is 1. The van der Waals surface area contributed by atoms with E-state index in [1.807, 2.05) is 11.3 Å². The molecule has 1 atom stereocenters. The summed E-state index contributed by atoms with van der Waals surface area (Å²) in [5.41, 5.74) is 1.99. The van der Waals surface area contributed by atoms with Gasteiger partial charge in [-0.3, -0.25) is 0 Å². The lowest BCUT2D eigenvalue weighted by molar-refractivity contribution is 0.286. The second-order valence-electron chi connectivity index (χ2n) is 4.81. The molecule has 76 valence electrons. The van der Waals surface area contributed by atoms with Crippen molar-refractivity contribution in [2.75, 3.05) is 0 Å². The molecule has 2 heteroatoms. The molecule has 1 saturated carbocycles. The van der Waals surface area contributed by atoms with Gasteiger partial charge in [0.1, 0.15) is 0 Å². The fraction of sp³-hybridized carbons (Fsp3) is 0.667. The third-order valence-corrected chi connectivity index (χ3v) is 4.85. The molecule has 3 rings (SSSR count). The number of hydrogen-bond acceptors (Lipinski definition) is 2. The summed E-state index contributed by atoms with van der Waals surface area (Å²) >= 11 is 1.96. The lowest BCUT2D eigenvalue weighted by atomic mass is 9.85. The molecule has 1 aliphatic heterocycles. The van der Waals surface area contributed by atoms with Crippen LogP contribution in [-0.2, 0) is 12.0 Å². The van der Waals surface area contributed by atoms with Crippen LogP contribution in [0.1, 0.15) is 43.0 Å². The van der Waals surface area contributed by atoms with Crippen molar-refractivity contribution in [2.45, 2.75) is 50.6 Å². The largest absolute Gasteiger partial charge is 0.304 e. The molecule has 2 aliphatic rings. The van der Waals surface area contributed by atoms with Gasteiger partial charge in [-0.05, 0) is 43.2 Å². The van der Waals surface area contributed by atoms with Gasteiger partial charge in [0.15, 0.2) is 0 Å². The van der Waals surface area contributed by atoms with Crippen molar-refractivity contribution in [3.05, 3.63) is 21.9 Å². The highest BCUT2D eigenvalue weighted by atomic mass is 32.1. The molecule has 0 aromatic carbocycles. The predicted molar refractivity (Wildman–Crippen MR) is 60.8 cm³/mol. The van der Waals surface area contributed by atoms with Crippen molar-refractivity contribution in [1.82, 2.24) is 5.32 Å². The first-order valence-electron chi connectivity index (χ1n) is 5.65. The van der Waals surface area contributed by atoms with Crippen LogP contribution in [0.15, 0.2) is 11.4 Å². The highest BCUT2D eigenvalue weighted by Gasteiger charge is 2.41. The predicted octanol–water partition coefficient (Wildman–Crippen LogP) is 3.05. The van der Waals surface area contributed by atoms with Crippen LogP contribution in [0.25, 0.3) is 0 Å². The molecule has 1 aromatic heterocycles. The van der Waals surface area contributed by atoms with Crippen LogP contribution in [0.2, 0.25) is 0 Å². The standard InChI is InChI=1S/C12H17NS/c1-9-8-10-4-7-14-11(10)12(13-9)5-2-3-6-12/h4,7,9,13H,2-3,5-6,8H2,1H3/t9-/m0/s1. The van der Waals surface area contributed by atoms with E-state index in [-0.39, 0.29) is 0 Å². The van der Waals surface area contributed by atoms with Gasteiger partial charge in [-0.15, -0.1) is 11.3 Å². The summed E-state index contributed by atoms with van der Waals surface area (Å²) in [6.45, 7) is 2.32. The smallest absolute Gasteiger partial charge is 0.0533 e. The SMILES string of the molecule is C[C@H]1Cc2ccsc2C2(CCCC2)N1. The average molecular weight is 207 g/mol. The fourth-order valence-electron chi connectivity index (χ4n) is 3.18. The molecule has 1 aromatic rings. The Hall–Kier alpha value is -0.340. The molecular formula is C12H17NS. The van der Waals surface area contributed by atoms with Crippen LogP contribution in [0.5, 0.6) is 0 Å². The van der Waals surface area contributed by atoms with Crippen LogP contribution >= 0.6 is 11.3 Å². The Morgan fingerprint density at radius 3 is 3.00 bits per heavy atom. The van der Waals surface area contributed by atoms with E-state index in [9.17, 15) is 0 Å². The zero-order valence-electron chi connectivity index (χ0n) is 8.68. The summed E-state index contributed by atoms with van der Waals surface area (Å²) in [6, 6.07) is 2.99. The van der Waals surface area contributed by atoms with Crippen LogP contribution in [0, 0.1) is 0 Å². The Labute approximate surface area is 89.5 Å². The fourth-order valence-corrected chi connectivity index (χ4v) is 4.34. The molecule has 1 spiro atoms. The number of fused-ring (bicyclic) bond motifs is 2. The van der Waals surface area contributed by atoms with E-state index in [0.717, 1.165) is 0 Å². The van der Waals surface area contributed by atoms with Gasteiger partial charge in [0.2, 0.25) is 0 Å². The Kier molecular flexibility index (Phi) is 1.96. The summed E-state index contributed by atoms with van der Waals surface area (Å²) in [5, 5.41) is 6.11. The van der Waals surface area contributed by atoms with E-state index >= 15 is 0 Å². The van der Waals surface area contributed by atoms with Crippen LogP contribution in [-0.4, -0.2) is 6.04 Å². The molecule has 0 bridgehead atoms. The van der Waals surface area contributed by atoms with Crippen molar-refractivity contribution in [3.8, 4) is 0 Å². The summed E-state index contributed by atoms with van der Waals surface area (Å²) in [4.78, 5) is 1.65. The monoisotopic (exact) mass is 207 g/mol. The van der Waals surface area contributed by atoms with Crippen LogP contribution in [0.4, 0.5) is 0 Å². The molecule has 1 fully saturated rings. The Bertz CT molecular complexity index is 336. The van der Waals surface area contributed by atoms with Gasteiger partial charge in [0.25, 0.3) is 0 Å². The lowest BCUT2D eigenvalue weighted by Crippen LogP contribution is -2.49. The third-order valence-electron chi connectivity index (χ3n) is 3.69. The molecular weight excluding hydrogens is 190 g/mol. The lowest BCUT2D eigenvalue weighted by Gasteiger charge is -2.38. The first-order chi connectivity index (χ1) is 6.80. The number of nitrogens with one attached hydrogen (secondary N) is 1. The maximum absolute atomic E-state index is 3.84. The molecule has 2 heterocycles. The number of rotatable bonds is 0. The van der Waals surface area contributed by atoms with E-state index in [2.05, 4.69) is 23.7 Å². The van der Waals surface area contributed by atoms with E-state index in [1.54, 1.807) is 10.4 Å². The maximum Gasteiger partial charge on any atom is 0.0533 e. The summed E-state index contributed by atoms with van der Waals surface area (Å²) < 4.78 is 0. The van der Waals surface area contributed by atoms with Crippen molar-refractivity contribution < 1.29 is 0 Å². The van der Waals surface area contributed by atoms with Crippen molar-refractivity contribution in [3.63, 3.8) is 0 Å². The van der Waals surface area contributed by atoms with Gasteiger partial charge >= 0.3 is 0 Å². The first-order valence-corrected chi connectivity index (χ1v) is 6.53. The van der Waals surface area contributed by atoms with E-state index in [1.165, 1.54) is 32.1 Å². The Morgan fingerprint density at radius 2 is 2.21 bits per heavy atom. The highest BCUT2D eigenvalue weighted by Crippen LogP contribution is 2.45. The van der Waals surface area contributed by atoms with E-state index in [0.29, 0.717) is 11.6 Å². The molecule has 1 nitrogen and oxygen atoms in total. The first kappa shape index (κ1) is 8.93. The molecule has 0 unspecified atom stereocenters. The van der Waals surface area contributed by atoms with Gasteiger partial charge in [-0.2, -0.15) is 0 Å². The highest BCUT2D eigenvalue weighted by molar-refractivity contribution is 7.10. The Morgan fingerprint density at radius 1 is 1.43 bits per heavy atom. The molecule has 0 radical (unpaired) electrons. The Balaban J connectivity index is 2.07. The minimum absolute atomic E-state index is 0.376. The quantitative estimate of drug-likeness (QED) is 0.689. The second kappa shape index (κ2) is 3.07. The van der Waals surface area contributed by atoms with Crippen LogP contribution < -0.4 is 5.32 Å². The van der Waals surface area contributed by atoms with Crippen LogP contribution in [0.3, 0.4) is 0 Å². The molecule has 14 heavy (non-hydrogen) atoms. The molecule has 0 saturated heterocycles. The normalized spacial score (nSPS) is 29.4. The van der Waals surface area contributed by atoms with E-state index < -0.39 is 0 Å². The van der Waals surface area contributed by atoms with Crippen molar-refractivity contribution in [1.29, 1.82) is 0 Å². The summed E-state index contributed by atoms with van der Waals surface area (Å²) in [5.74, 6) is 0. The van der Waals surface area contributed by atoms with Gasteiger partial charge < -0.3 is 5.32 Å². The molecule has 0 amide bonds. The van der Waals surface area contributed by atoms with Crippen molar-refractivity contribution in [2.24, 2.45) is 0 Å². The second-order valence-corrected chi connectivity index (χ2v) is 5.73. The minimum atomic E-state index is 0.376. The van der Waals surface area contributed by atoms with Gasteiger partial charge in [0.05, 0.1) is 5.54 Å². The molecule has 1 N–H and O–H groups in total. The summed E-state index contributed by atoms with van der Waals surface area (Å²) in [6.07, 6.45) is 6.73.